The Hall–Kier alpha value is -2.28. The smallest absolute Gasteiger partial charge is 0.327 e. The number of carboxylic acid groups (broad SMARTS) is 1. The predicted octanol–water partition coefficient (Wildman–Crippen LogP) is 8.13. The molecule has 6 nitrogen and oxygen atoms in total. The number of aliphatic hydroxyl groups is 1. The van der Waals surface area contributed by atoms with Gasteiger partial charge in [0.2, 0.25) is 0 Å². The number of allylic oxidation sites excluding steroid dienone is 5. The Morgan fingerprint density at radius 1 is 1.00 bits per heavy atom. The van der Waals surface area contributed by atoms with Gasteiger partial charge in [-0.2, -0.15) is 0 Å². The highest BCUT2D eigenvalue weighted by Crippen LogP contribution is 2.32. The van der Waals surface area contributed by atoms with E-state index in [1.165, 1.54) is 12.5 Å². The first-order valence-corrected chi connectivity index (χ1v) is 15.6. The third-order valence-corrected chi connectivity index (χ3v) is 7.98. The number of ether oxygens (including phenoxy) is 2. The number of unbranched alkanes of at least 4 members (excludes halogenated alkanes) is 1. The highest BCUT2D eigenvalue weighted by molar-refractivity contribution is 5.80. The Labute approximate surface area is 249 Å². The van der Waals surface area contributed by atoms with Crippen molar-refractivity contribution >= 4 is 11.8 Å². The Morgan fingerprint density at radius 3 is 2.34 bits per heavy atom. The van der Waals surface area contributed by atoms with Crippen molar-refractivity contribution in [1.82, 2.24) is 0 Å². The van der Waals surface area contributed by atoms with Crippen LogP contribution in [0.25, 0.3) is 0 Å². The van der Waals surface area contributed by atoms with Gasteiger partial charge in [-0.25, -0.2) is 4.79 Å². The number of hydrogen-bond donors (Lipinski definition) is 2. The minimum Gasteiger partial charge on any atom is -0.478 e. The lowest BCUT2D eigenvalue weighted by Crippen LogP contribution is -2.38. The monoisotopic (exact) mass is 572 g/mol. The molecule has 2 N–H and O–H groups in total. The van der Waals surface area contributed by atoms with Gasteiger partial charge in [0, 0.05) is 24.8 Å². The Kier molecular flexibility index (Phi) is 18.4. The molecule has 232 valence electrons. The van der Waals surface area contributed by atoms with Gasteiger partial charge in [-0.05, 0) is 51.4 Å². The number of aliphatic carboxylic acids is 1. The molecule has 1 saturated heterocycles. The van der Waals surface area contributed by atoms with Gasteiger partial charge in [-0.15, -0.1) is 0 Å². The molecule has 1 aliphatic heterocycles. The van der Waals surface area contributed by atoms with Gasteiger partial charge in [-0.1, -0.05) is 108 Å². The fourth-order valence-corrected chi connectivity index (χ4v) is 4.70. The largest absolute Gasteiger partial charge is 0.478 e. The Morgan fingerprint density at radius 2 is 1.71 bits per heavy atom. The van der Waals surface area contributed by atoms with Gasteiger partial charge in [0.25, 0.3) is 0 Å². The molecule has 41 heavy (non-hydrogen) atoms. The molecule has 1 rings (SSSR count). The van der Waals surface area contributed by atoms with Gasteiger partial charge in [-0.3, -0.25) is 4.79 Å². The molecule has 7 atom stereocenters. The molecule has 0 spiro atoms. The average molecular weight is 573 g/mol. The molecular weight excluding hydrogens is 516 g/mol. The maximum atomic E-state index is 11.7. The summed E-state index contributed by atoms with van der Waals surface area (Å²) in [5.74, 6) is -0.254. The zero-order valence-corrected chi connectivity index (χ0v) is 26.6. The van der Waals surface area contributed by atoms with Crippen molar-refractivity contribution in [2.75, 3.05) is 0 Å². The second-order valence-corrected chi connectivity index (χ2v) is 11.6. The number of aliphatic hydroxyl groups excluding tert-OH is 1. The van der Waals surface area contributed by atoms with Crippen molar-refractivity contribution in [2.45, 2.75) is 131 Å². The van der Waals surface area contributed by atoms with Crippen molar-refractivity contribution in [3.8, 4) is 0 Å². The fraction of sp³-hybridized carbons (Fsp3) is 0.657. The molecule has 0 bridgehead atoms. The van der Waals surface area contributed by atoms with E-state index in [9.17, 15) is 14.7 Å². The highest BCUT2D eigenvalue weighted by Gasteiger charge is 2.32. The molecule has 6 heteroatoms. The molecule has 0 aromatic carbocycles. The van der Waals surface area contributed by atoms with Crippen molar-refractivity contribution in [1.29, 1.82) is 0 Å². The summed E-state index contributed by atoms with van der Waals surface area (Å²) in [7, 11) is 0. The zero-order chi connectivity index (χ0) is 30.8. The molecule has 0 aliphatic carbocycles. The topological polar surface area (TPSA) is 93.1 Å². The van der Waals surface area contributed by atoms with E-state index < -0.39 is 12.1 Å². The second-order valence-electron chi connectivity index (χ2n) is 11.6. The quantitative estimate of drug-likeness (QED) is 0.120. The first kappa shape index (κ1) is 36.7. The second kappa shape index (κ2) is 20.6. The van der Waals surface area contributed by atoms with Gasteiger partial charge >= 0.3 is 5.97 Å². The summed E-state index contributed by atoms with van der Waals surface area (Å²) < 4.78 is 13.1. The van der Waals surface area contributed by atoms with Crippen molar-refractivity contribution in [3.05, 3.63) is 59.8 Å². The summed E-state index contributed by atoms with van der Waals surface area (Å²) in [5, 5.41) is 19.1. The molecule has 0 aromatic heterocycles. The minimum absolute atomic E-state index is 0.00852. The van der Waals surface area contributed by atoms with E-state index in [4.69, 9.17) is 14.6 Å². The molecule has 0 amide bonds. The van der Waals surface area contributed by atoms with E-state index in [0.29, 0.717) is 24.7 Å². The van der Waals surface area contributed by atoms with E-state index >= 15 is 0 Å². The van der Waals surface area contributed by atoms with Crippen LogP contribution >= 0.6 is 0 Å². The van der Waals surface area contributed by atoms with Crippen LogP contribution < -0.4 is 0 Å². The van der Waals surface area contributed by atoms with Crippen molar-refractivity contribution in [2.24, 2.45) is 17.8 Å². The summed E-state index contributed by atoms with van der Waals surface area (Å²) >= 11 is 0. The zero-order valence-electron chi connectivity index (χ0n) is 26.6. The maximum absolute atomic E-state index is 11.7. The molecule has 1 heterocycles. The summed E-state index contributed by atoms with van der Waals surface area (Å²) in [6.07, 6.45) is 21.7. The molecule has 0 aromatic rings. The first-order valence-electron chi connectivity index (χ1n) is 15.6. The third kappa shape index (κ3) is 15.5. The van der Waals surface area contributed by atoms with Gasteiger partial charge in [0.15, 0.2) is 6.29 Å². The van der Waals surface area contributed by atoms with E-state index in [0.717, 1.165) is 55.7 Å². The normalized spacial score (nSPS) is 23.8. The van der Waals surface area contributed by atoms with Crippen LogP contribution in [0.5, 0.6) is 0 Å². The summed E-state index contributed by atoms with van der Waals surface area (Å²) in [6, 6.07) is 0. The van der Waals surface area contributed by atoms with Crippen LogP contribution in [0.4, 0.5) is 0 Å². The average Bonchev–Trinajstić information content (AvgIpc) is 2.96. The lowest BCUT2D eigenvalue weighted by atomic mass is 9.88. The first-order chi connectivity index (χ1) is 19.5. The van der Waals surface area contributed by atoms with Crippen LogP contribution in [0.2, 0.25) is 0 Å². The summed E-state index contributed by atoms with van der Waals surface area (Å²) in [5.41, 5.74) is 2.10. The summed E-state index contributed by atoms with van der Waals surface area (Å²) in [4.78, 5) is 22.4. The number of ketones is 1. The minimum atomic E-state index is -1.02. The van der Waals surface area contributed by atoms with Crippen LogP contribution in [0.3, 0.4) is 0 Å². The predicted molar refractivity (Wildman–Crippen MR) is 168 cm³/mol. The van der Waals surface area contributed by atoms with Crippen molar-refractivity contribution in [3.63, 3.8) is 0 Å². The van der Waals surface area contributed by atoms with Gasteiger partial charge in [0.1, 0.15) is 5.78 Å². The highest BCUT2D eigenvalue weighted by atomic mass is 16.7. The molecule has 0 radical (unpaired) electrons. The van der Waals surface area contributed by atoms with E-state index in [1.54, 1.807) is 13.0 Å². The number of carbonyl (C=O) groups is 2. The molecule has 1 fully saturated rings. The molecule has 1 aliphatic rings. The van der Waals surface area contributed by atoms with Crippen LogP contribution in [-0.2, 0) is 19.1 Å². The molecule has 6 unspecified atom stereocenters. The standard InChI is InChI=1S/C35H56O6/c1-8-11-12-29-18-24-35(41-33(29)22-16-25(4)13-19-30(36)10-3)40-32(27(6)9-2)21-15-26(5)14-20-31(37)28(7)17-23-34(38)39/h13-17,20,22-23,27-29,31-33,35,37H,8-12,18-19,21,24H2,1-7H3,(H,38,39)/b20-14+,22-16+,23-17+,25-13+,26-15+/t27?,28?,29?,31?,32?,33?,35-/m0/s1. The summed E-state index contributed by atoms with van der Waals surface area (Å²) in [6.45, 7) is 14.3. The molecule has 0 saturated carbocycles. The van der Waals surface area contributed by atoms with Gasteiger partial charge < -0.3 is 19.7 Å². The Bertz CT molecular complexity index is 927. The van der Waals surface area contributed by atoms with Gasteiger partial charge in [0.05, 0.1) is 18.3 Å². The number of hydrogen-bond acceptors (Lipinski definition) is 5. The number of carbonyl (C=O) groups excluding carboxylic acids is 1. The number of carboxylic acids is 1. The van der Waals surface area contributed by atoms with E-state index in [1.807, 2.05) is 32.9 Å². The van der Waals surface area contributed by atoms with Crippen LogP contribution in [0.15, 0.2) is 59.8 Å². The van der Waals surface area contributed by atoms with E-state index in [-0.39, 0.29) is 30.2 Å². The number of Topliss-reactive ketones (excluding diaryl/α,β-unsaturated/α-hetero) is 1. The lowest BCUT2D eigenvalue weighted by molar-refractivity contribution is -0.225. The number of rotatable bonds is 19. The molecular formula is C35H56O6. The van der Waals surface area contributed by atoms with Crippen LogP contribution in [-0.4, -0.2) is 46.6 Å². The van der Waals surface area contributed by atoms with Crippen molar-refractivity contribution < 1.29 is 29.3 Å². The lowest BCUT2D eigenvalue weighted by Gasteiger charge is -2.37. The third-order valence-electron chi connectivity index (χ3n) is 7.98. The fourth-order valence-electron chi connectivity index (χ4n) is 4.70. The van der Waals surface area contributed by atoms with Crippen LogP contribution in [0.1, 0.15) is 106 Å². The maximum Gasteiger partial charge on any atom is 0.327 e. The Balaban J connectivity index is 2.90. The van der Waals surface area contributed by atoms with Crippen LogP contribution in [0, 0.1) is 17.8 Å². The SMILES string of the molecule is CCCCC1CC[C@@H](OC(C/C=C(C)/C=C/C(O)C(C)/C=C/C(=O)O)C(C)CC)OC1/C=C/C(C)=C/CC(=O)CC. The van der Waals surface area contributed by atoms with E-state index in [2.05, 4.69) is 39.0 Å².